The first-order chi connectivity index (χ1) is 6.63. The van der Waals surface area contributed by atoms with Gasteiger partial charge in [-0.05, 0) is 19.1 Å². The topological polar surface area (TPSA) is 74.0 Å². The van der Waals surface area contributed by atoms with E-state index in [2.05, 4.69) is 4.98 Å². The van der Waals surface area contributed by atoms with E-state index in [1.165, 1.54) is 0 Å². The van der Waals surface area contributed by atoms with Gasteiger partial charge in [0.2, 0.25) is 0 Å². The van der Waals surface area contributed by atoms with Crippen LogP contribution in [0.25, 0.3) is 0 Å². The van der Waals surface area contributed by atoms with Crippen LogP contribution in [0.3, 0.4) is 0 Å². The van der Waals surface area contributed by atoms with Crippen molar-refractivity contribution in [2.75, 3.05) is 0 Å². The fourth-order valence-corrected chi connectivity index (χ4v) is 1.11. The first-order valence-corrected chi connectivity index (χ1v) is 4.22. The smallest absolute Gasteiger partial charge is 0.303 e. The molecule has 0 fully saturated rings. The van der Waals surface area contributed by atoms with Crippen molar-refractivity contribution in [2.24, 2.45) is 0 Å². The lowest BCUT2D eigenvalue weighted by Gasteiger charge is -2.00. The van der Waals surface area contributed by atoms with Gasteiger partial charge < -0.3 is 5.11 Å². The van der Waals surface area contributed by atoms with Crippen LogP contribution in [0.4, 0.5) is 0 Å². The maximum absolute atomic E-state index is 10.3. The van der Waals surface area contributed by atoms with Crippen LogP contribution in [0.5, 0.6) is 0 Å². The molecular weight excluding hydrogens is 180 g/mol. The highest BCUT2D eigenvalue weighted by molar-refractivity contribution is 5.66. The summed E-state index contributed by atoms with van der Waals surface area (Å²) in [5.74, 6) is -0.839. The van der Waals surface area contributed by atoms with Crippen molar-refractivity contribution < 1.29 is 9.90 Å². The maximum atomic E-state index is 10.3. The fourth-order valence-electron chi connectivity index (χ4n) is 1.11. The number of nitrogens with zero attached hydrogens (tertiary/aromatic N) is 2. The zero-order valence-electron chi connectivity index (χ0n) is 7.82. The SMILES string of the molecule is Cc1nc(CCC(=O)O)ccc1C#N. The monoisotopic (exact) mass is 190 g/mol. The van der Waals surface area contributed by atoms with E-state index in [1.54, 1.807) is 19.1 Å². The van der Waals surface area contributed by atoms with Gasteiger partial charge >= 0.3 is 5.97 Å². The highest BCUT2D eigenvalue weighted by atomic mass is 16.4. The van der Waals surface area contributed by atoms with Crippen LogP contribution >= 0.6 is 0 Å². The molecule has 1 aromatic rings. The number of pyridine rings is 1. The Morgan fingerprint density at radius 2 is 2.36 bits per heavy atom. The van der Waals surface area contributed by atoms with Gasteiger partial charge in [-0.2, -0.15) is 5.26 Å². The van der Waals surface area contributed by atoms with E-state index in [9.17, 15) is 4.79 Å². The first kappa shape index (κ1) is 10.2. The van der Waals surface area contributed by atoms with Crippen molar-refractivity contribution in [2.45, 2.75) is 19.8 Å². The summed E-state index contributed by atoms with van der Waals surface area (Å²) in [4.78, 5) is 14.4. The molecule has 4 nitrogen and oxygen atoms in total. The zero-order valence-corrected chi connectivity index (χ0v) is 7.82. The number of nitriles is 1. The van der Waals surface area contributed by atoms with Crippen LogP contribution in [-0.2, 0) is 11.2 Å². The number of rotatable bonds is 3. The second-order valence-corrected chi connectivity index (χ2v) is 2.94. The molecule has 0 amide bonds. The molecule has 1 N–H and O–H groups in total. The summed E-state index contributed by atoms with van der Waals surface area (Å²) in [6, 6.07) is 5.36. The minimum absolute atomic E-state index is 0.0678. The molecule has 1 heterocycles. The Labute approximate surface area is 81.8 Å². The summed E-state index contributed by atoms with van der Waals surface area (Å²) in [7, 11) is 0. The first-order valence-electron chi connectivity index (χ1n) is 4.22. The average molecular weight is 190 g/mol. The summed E-state index contributed by atoms with van der Waals surface area (Å²) in [6.45, 7) is 1.74. The molecule has 0 aromatic carbocycles. The van der Waals surface area contributed by atoms with Crippen LogP contribution in [0, 0.1) is 18.3 Å². The van der Waals surface area contributed by atoms with Crippen LogP contribution in [-0.4, -0.2) is 16.1 Å². The van der Waals surface area contributed by atoms with Crippen molar-refractivity contribution >= 4 is 5.97 Å². The molecule has 0 aliphatic rings. The number of aryl methyl sites for hydroxylation is 2. The lowest BCUT2D eigenvalue weighted by molar-refractivity contribution is -0.136. The summed E-state index contributed by atoms with van der Waals surface area (Å²) >= 11 is 0. The molecule has 14 heavy (non-hydrogen) atoms. The van der Waals surface area contributed by atoms with Gasteiger partial charge in [0.1, 0.15) is 6.07 Å². The van der Waals surface area contributed by atoms with E-state index in [1.807, 2.05) is 6.07 Å². The van der Waals surface area contributed by atoms with Crippen molar-refractivity contribution in [3.63, 3.8) is 0 Å². The van der Waals surface area contributed by atoms with E-state index >= 15 is 0 Å². The van der Waals surface area contributed by atoms with Crippen LogP contribution in [0.1, 0.15) is 23.4 Å². The summed E-state index contributed by atoms with van der Waals surface area (Å²) in [5, 5.41) is 17.1. The van der Waals surface area contributed by atoms with Gasteiger partial charge in [-0.3, -0.25) is 9.78 Å². The summed E-state index contributed by atoms with van der Waals surface area (Å²) < 4.78 is 0. The second-order valence-electron chi connectivity index (χ2n) is 2.94. The van der Waals surface area contributed by atoms with Crippen molar-refractivity contribution in [3.05, 3.63) is 29.1 Å². The molecular formula is C10H10N2O2. The van der Waals surface area contributed by atoms with Crippen molar-refractivity contribution in [1.82, 2.24) is 4.98 Å². The molecule has 0 saturated carbocycles. The molecule has 0 saturated heterocycles. The number of aromatic nitrogens is 1. The van der Waals surface area contributed by atoms with Gasteiger partial charge in [-0.15, -0.1) is 0 Å². The largest absolute Gasteiger partial charge is 0.481 e. The molecule has 4 heteroatoms. The number of aliphatic carboxylic acids is 1. The number of carbonyl (C=O) groups is 1. The Morgan fingerprint density at radius 3 is 2.86 bits per heavy atom. The van der Waals surface area contributed by atoms with Crippen LogP contribution < -0.4 is 0 Å². The highest BCUT2D eigenvalue weighted by Gasteiger charge is 2.03. The number of hydrogen-bond acceptors (Lipinski definition) is 3. The van der Waals surface area contributed by atoms with E-state index in [0.717, 1.165) is 0 Å². The van der Waals surface area contributed by atoms with Gasteiger partial charge in [0.25, 0.3) is 0 Å². The molecule has 1 rings (SSSR count). The predicted octanol–water partition coefficient (Wildman–Crippen LogP) is 1.28. The number of carboxylic acid groups (broad SMARTS) is 1. The van der Waals surface area contributed by atoms with Gasteiger partial charge in [0.15, 0.2) is 0 Å². The number of hydrogen-bond donors (Lipinski definition) is 1. The van der Waals surface area contributed by atoms with Gasteiger partial charge in [0, 0.05) is 12.1 Å². The molecule has 72 valence electrons. The predicted molar refractivity (Wildman–Crippen MR) is 49.6 cm³/mol. The fraction of sp³-hybridized carbons (Fsp3) is 0.300. The Hall–Kier alpha value is -1.89. The summed E-state index contributed by atoms with van der Waals surface area (Å²) in [5.41, 5.74) is 1.89. The minimum Gasteiger partial charge on any atom is -0.481 e. The Balaban J connectivity index is 2.77. The maximum Gasteiger partial charge on any atom is 0.303 e. The lowest BCUT2D eigenvalue weighted by Crippen LogP contribution is -2.00. The number of carboxylic acids is 1. The van der Waals surface area contributed by atoms with E-state index < -0.39 is 5.97 Å². The van der Waals surface area contributed by atoms with Crippen LogP contribution in [0.15, 0.2) is 12.1 Å². The van der Waals surface area contributed by atoms with E-state index in [4.69, 9.17) is 10.4 Å². The quantitative estimate of drug-likeness (QED) is 0.779. The molecule has 0 radical (unpaired) electrons. The second kappa shape index (κ2) is 4.38. The minimum atomic E-state index is -0.839. The molecule has 0 unspecified atom stereocenters. The van der Waals surface area contributed by atoms with Crippen LogP contribution in [0.2, 0.25) is 0 Å². The Morgan fingerprint density at radius 1 is 1.64 bits per heavy atom. The molecule has 0 spiro atoms. The molecule has 0 bridgehead atoms. The van der Waals surface area contributed by atoms with Crippen molar-refractivity contribution in [3.8, 4) is 6.07 Å². The van der Waals surface area contributed by atoms with Crippen molar-refractivity contribution in [1.29, 1.82) is 5.26 Å². The lowest BCUT2D eigenvalue weighted by atomic mass is 10.1. The average Bonchev–Trinajstić information content (AvgIpc) is 2.15. The summed E-state index contributed by atoms with van der Waals surface area (Å²) in [6.07, 6.45) is 0.472. The zero-order chi connectivity index (χ0) is 10.6. The third-order valence-electron chi connectivity index (χ3n) is 1.86. The Kier molecular flexibility index (Phi) is 3.19. The van der Waals surface area contributed by atoms with E-state index in [0.29, 0.717) is 23.4 Å². The third-order valence-corrected chi connectivity index (χ3v) is 1.86. The third kappa shape index (κ3) is 2.56. The molecule has 1 aromatic heterocycles. The van der Waals surface area contributed by atoms with Gasteiger partial charge in [0.05, 0.1) is 17.7 Å². The van der Waals surface area contributed by atoms with E-state index in [-0.39, 0.29) is 6.42 Å². The highest BCUT2D eigenvalue weighted by Crippen LogP contribution is 2.06. The van der Waals surface area contributed by atoms with Gasteiger partial charge in [-0.1, -0.05) is 0 Å². The molecule has 0 atom stereocenters. The van der Waals surface area contributed by atoms with Gasteiger partial charge in [-0.25, -0.2) is 0 Å². The molecule has 0 aliphatic heterocycles. The normalized spacial score (nSPS) is 9.43. The standard InChI is InChI=1S/C10H10N2O2/c1-7-8(6-11)2-3-9(12-7)4-5-10(13)14/h2-3H,4-5H2,1H3,(H,13,14). The molecule has 0 aliphatic carbocycles. The Bertz CT molecular complexity index is 394.